The summed E-state index contributed by atoms with van der Waals surface area (Å²) in [6, 6.07) is -6.72. The third-order valence-electron chi connectivity index (χ3n) is 19.4. The number of nitrogens with one attached hydrogen (secondary N) is 16. The molecule has 2 heterocycles. The number of hydrogen-bond donors (Lipinski definition) is 24. The lowest BCUT2D eigenvalue weighted by Gasteiger charge is -2.30. The van der Waals surface area contributed by atoms with Crippen LogP contribution in [0.3, 0.4) is 0 Å². The molecule has 45 nitrogen and oxygen atoms in total. The van der Waals surface area contributed by atoms with Gasteiger partial charge in [-0.1, -0.05) is 88.4 Å². The summed E-state index contributed by atoms with van der Waals surface area (Å²) < 4.78 is 0. The average molecular weight is 1730 g/mol. The molecule has 0 spiro atoms. The Morgan fingerprint density at radius 2 is 0.870 bits per heavy atom. The summed E-state index contributed by atoms with van der Waals surface area (Å²) in [6.45, 7) is 7.36. The van der Waals surface area contributed by atoms with Crippen molar-refractivity contribution < 1.29 is 121 Å². The molecule has 27 N–H and O–H groups in total. The molecular formula is C78H116N20O25. The Bertz CT molecular complexity index is 4060. The number of nitrogens with zero attached hydrogens (tertiary/aromatic N) is 1. The van der Waals surface area contributed by atoms with E-state index in [2.05, 4.69) is 79.8 Å². The lowest BCUT2D eigenvalue weighted by molar-refractivity contribution is -0.146. The molecule has 2 aliphatic rings. The van der Waals surface area contributed by atoms with Gasteiger partial charge in [0.15, 0.2) is 5.96 Å². The maximum Gasteiger partial charge on any atom is 0.326 e. The first-order chi connectivity index (χ1) is 58.0. The van der Waals surface area contributed by atoms with Gasteiger partial charge in [0.05, 0.1) is 38.3 Å². The highest BCUT2D eigenvalue weighted by Gasteiger charge is 2.43. The van der Waals surface area contributed by atoms with E-state index < -0.39 is 260 Å². The molecule has 0 aliphatic carbocycles. The number of carbonyl (C=O) groups excluding carboxylic acids is 15. The summed E-state index contributed by atoms with van der Waals surface area (Å²) >= 11 is 0. The zero-order valence-electron chi connectivity index (χ0n) is 69.1. The van der Waals surface area contributed by atoms with Crippen LogP contribution < -0.4 is 97.0 Å². The number of primary amides is 1. The Hall–Kier alpha value is -13.0. The summed E-state index contributed by atoms with van der Waals surface area (Å²) in [6.07, 6.45) is -5.27. The number of hydrogen-bond acceptors (Lipinski definition) is 23. The normalized spacial score (nSPS) is 16.4. The minimum absolute atomic E-state index is 0.00404. The Morgan fingerprint density at radius 1 is 0.439 bits per heavy atom. The smallest absolute Gasteiger partial charge is 0.326 e. The van der Waals surface area contributed by atoms with Gasteiger partial charge >= 0.3 is 29.8 Å². The number of carboxylic acid groups (broad SMARTS) is 5. The van der Waals surface area contributed by atoms with Crippen LogP contribution in [0.2, 0.25) is 0 Å². The quantitative estimate of drug-likeness (QED) is 0.0166. The van der Waals surface area contributed by atoms with Crippen LogP contribution in [0.15, 0.2) is 60.7 Å². The molecule has 4 rings (SSSR count). The van der Waals surface area contributed by atoms with Crippen molar-refractivity contribution in [3.63, 3.8) is 0 Å². The maximum absolute atomic E-state index is 14.8. The van der Waals surface area contributed by atoms with Crippen LogP contribution >= 0.6 is 0 Å². The molecule has 45 heteroatoms. The number of rotatable bonds is 55. The Labute approximate surface area is 707 Å². The van der Waals surface area contributed by atoms with Gasteiger partial charge in [0, 0.05) is 32.4 Å². The van der Waals surface area contributed by atoms with E-state index in [0.717, 1.165) is 4.90 Å². The number of carbonyl (C=O) groups is 20. The van der Waals surface area contributed by atoms with E-state index in [4.69, 9.17) is 22.6 Å². The summed E-state index contributed by atoms with van der Waals surface area (Å²) in [5, 5.41) is 93.1. The Balaban J connectivity index is 1.59. The van der Waals surface area contributed by atoms with Crippen molar-refractivity contribution in [2.75, 3.05) is 32.7 Å². The van der Waals surface area contributed by atoms with E-state index in [9.17, 15) is 121 Å². The summed E-state index contributed by atoms with van der Waals surface area (Å²) in [5.74, 6) is -24.9. The molecular weight excluding hydrogens is 1620 g/mol. The van der Waals surface area contributed by atoms with E-state index in [-0.39, 0.29) is 96.2 Å². The largest absolute Gasteiger partial charge is 0.481 e. The molecule has 2 aliphatic heterocycles. The first-order valence-electron chi connectivity index (χ1n) is 40.2. The number of unbranched alkanes of at least 4 members (excludes halogenated alkanes) is 1. The predicted octanol–water partition coefficient (Wildman–Crippen LogP) is -6.10. The lowest BCUT2D eigenvalue weighted by atomic mass is 10.00. The highest BCUT2D eigenvalue weighted by Crippen LogP contribution is 2.21. The van der Waals surface area contributed by atoms with Gasteiger partial charge < -0.3 is 127 Å². The van der Waals surface area contributed by atoms with Crippen LogP contribution in [-0.4, -0.2) is 272 Å². The van der Waals surface area contributed by atoms with E-state index in [1.54, 1.807) is 88.4 Å². The van der Waals surface area contributed by atoms with Gasteiger partial charge in [-0.25, -0.2) is 4.79 Å². The topological polar surface area (TPSA) is 728 Å². The van der Waals surface area contributed by atoms with E-state index in [1.807, 2.05) is 0 Å². The van der Waals surface area contributed by atoms with Crippen molar-refractivity contribution in [1.82, 2.24) is 84.7 Å². The number of guanidine groups is 1. The number of nitrogens with two attached hydrogens (primary N) is 3. The van der Waals surface area contributed by atoms with E-state index >= 15 is 0 Å². The van der Waals surface area contributed by atoms with Gasteiger partial charge in [0.2, 0.25) is 88.6 Å². The molecule has 14 atom stereocenters. The molecule has 15 amide bonds. The molecule has 0 radical (unpaired) electrons. The average Bonchev–Trinajstić information content (AvgIpc) is 1.70. The van der Waals surface area contributed by atoms with Crippen molar-refractivity contribution >= 4 is 124 Å². The number of carboxylic acids is 5. The number of likely N-dealkylation sites (tertiary alicyclic amines) is 1. The molecule has 0 unspecified atom stereocenters. The molecule has 0 aromatic heterocycles. The van der Waals surface area contributed by atoms with Crippen LogP contribution in [0, 0.1) is 17.2 Å². The number of aliphatic carboxylic acids is 5. The molecule has 2 saturated heterocycles. The van der Waals surface area contributed by atoms with Crippen molar-refractivity contribution in [2.24, 2.45) is 29.0 Å². The van der Waals surface area contributed by atoms with E-state index in [0.29, 0.717) is 30.5 Å². The van der Waals surface area contributed by atoms with Crippen molar-refractivity contribution in [3.05, 3.63) is 71.8 Å². The predicted molar refractivity (Wildman–Crippen MR) is 434 cm³/mol. The second-order valence-corrected chi connectivity index (χ2v) is 30.7. The molecule has 0 bridgehead atoms. The first kappa shape index (κ1) is 102. The highest BCUT2D eigenvalue weighted by atomic mass is 16.4. The van der Waals surface area contributed by atoms with Gasteiger partial charge in [-0.05, 0) is 120 Å². The molecule has 2 aromatic rings. The van der Waals surface area contributed by atoms with Crippen molar-refractivity contribution in [3.8, 4) is 0 Å². The fraction of sp³-hybridized carbons (Fsp3) is 0.577. The number of benzene rings is 2. The molecule has 678 valence electrons. The lowest BCUT2D eigenvalue weighted by Crippen LogP contribution is -2.61. The second kappa shape index (κ2) is 52.3. The standard InChI is InChI=1S/C78H116N20O25/c1-40(2)31-49(70(115)96-54(37-62(105)106)74(119)89-46(21-12-13-27-79)67(112)95-53(36-61(103)104)65(110)85-39-59(100)87-56(77(122)123)32-41(3)4)91-71(116)50(33-43-17-8-6-9-18-43)92-68(113)47(23-15-29-84-78(81)82)88-64(109)42(5)86-75(120)57-24-16-30-98(57)76(121)55(38-63(107)108)97-72(117)51(34-44-19-10-7-11-20-44)93-73(118)52(35-58(80)99)94-69(114)48(25-26-60(101)102)90-66(111)45-22-14-28-83-45/h6-11,17-20,40-42,45-57,83H,12-16,21-39,79H2,1-5H3,(H2,80,99)(H,85,110)(H,86,120)(H,87,100)(H,88,109)(H,89,119)(H,90,111)(H,91,116)(H,92,113)(H,93,118)(H,94,114)(H,95,112)(H,96,115)(H,97,117)(H,101,102)(H,103,104)(H,105,106)(H,107,108)(H,122,123)(H4,81,82,84)/t42-,45-,46-,47-,48-,49-,50-,51-,52-,53-,54-,55-,56-,57-/m0/s1. The minimum Gasteiger partial charge on any atom is -0.481 e. The second-order valence-electron chi connectivity index (χ2n) is 30.7. The van der Waals surface area contributed by atoms with Gasteiger partial charge in [-0.3, -0.25) is 96.5 Å². The summed E-state index contributed by atoms with van der Waals surface area (Å²) in [4.78, 5) is 271. The van der Waals surface area contributed by atoms with Gasteiger partial charge in [-0.15, -0.1) is 0 Å². The summed E-state index contributed by atoms with van der Waals surface area (Å²) in [5.41, 5.74) is 17.5. The fourth-order valence-electron chi connectivity index (χ4n) is 13.2. The van der Waals surface area contributed by atoms with Crippen LogP contribution in [0.25, 0.3) is 0 Å². The third kappa shape index (κ3) is 37.7. The summed E-state index contributed by atoms with van der Waals surface area (Å²) in [7, 11) is 0. The van der Waals surface area contributed by atoms with Crippen LogP contribution in [-0.2, 0) is 109 Å². The highest BCUT2D eigenvalue weighted by molar-refractivity contribution is 6.02. The zero-order chi connectivity index (χ0) is 91.7. The first-order valence-corrected chi connectivity index (χ1v) is 40.2. The molecule has 123 heavy (non-hydrogen) atoms. The SMILES string of the molecule is CC(C)C[C@H](NC(=O)CNC(=O)[C@H](CC(=O)O)NC(=O)[C@H](CCCCN)NC(=O)[C@H](CC(=O)O)NC(=O)[C@H](CC(C)C)NC(=O)[C@H](Cc1ccccc1)NC(=O)[C@H](CCCNC(=N)N)NC(=O)[C@H](C)NC(=O)[C@@H]1CCCN1C(=O)[C@H](CC(=O)O)NC(=O)[C@H](Cc1ccccc1)NC(=O)[C@H](CC(N)=O)NC(=O)[C@H](CCC(=O)O)NC(=O)[C@@H]1CCCN1)C(=O)O. The fourth-order valence-corrected chi connectivity index (χ4v) is 13.2. The monoisotopic (exact) mass is 1730 g/mol. The van der Waals surface area contributed by atoms with Crippen molar-refractivity contribution in [2.45, 2.75) is 241 Å². The molecule has 2 aromatic carbocycles. The van der Waals surface area contributed by atoms with Gasteiger partial charge in [0.25, 0.3) is 0 Å². The Morgan fingerprint density at radius 3 is 1.34 bits per heavy atom. The Kier molecular flexibility index (Phi) is 43.5. The zero-order valence-corrected chi connectivity index (χ0v) is 69.1. The van der Waals surface area contributed by atoms with Crippen molar-refractivity contribution in [1.29, 1.82) is 5.41 Å². The molecule has 2 fully saturated rings. The number of amides is 15. The van der Waals surface area contributed by atoms with E-state index in [1.165, 1.54) is 6.92 Å². The third-order valence-corrected chi connectivity index (χ3v) is 19.4. The minimum atomic E-state index is -2.03. The van der Waals surface area contributed by atoms with Crippen LogP contribution in [0.1, 0.15) is 155 Å². The van der Waals surface area contributed by atoms with Crippen LogP contribution in [0.4, 0.5) is 0 Å². The maximum atomic E-state index is 14.8. The molecule has 0 saturated carbocycles. The van der Waals surface area contributed by atoms with Gasteiger partial charge in [0.1, 0.15) is 78.5 Å². The van der Waals surface area contributed by atoms with Crippen LogP contribution in [0.5, 0.6) is 0 Å². The van der Waals surface area contributed by atoms with Gasteiger partial charge in [-0.2, -0.15) is 0 Å².